The largest absolute Gasteiger partial charge is 0.352 e. The number of hydrogen-bond acceptors (Lipinski definition) is 3. The standard InChI is InChI=1S/C19H28N4S/c1-6-14-9-7-8-10-15(14)11-21-18(20-5)22-12-17-23-16(13-24-17)19(2,3)4/h7-10,13H,6,11-12H2,1-5H3,(H2,20,21,22). The van der Waals surface area contributed by atoms with E-state index in [1.165, 1.54) is 11.1 Å². The third-order valence-corrected chi connectivity index (χ3v) is 4.75. The number of hydrogen-bond donors (Lipinski definition) is 2. The van der Waals surface area contributed by atoms with E-state index in [1.807, 2.05) is 0 Å². The average molecular weight is 345 g/mol. The predicted molar refractivity (Wildman–Crippen MR) is 104 cm³/mol. The highest BCUT2D eigenvalue weighted by Gasteiger charge is 2.17. The number of rotatable bonds is 5. The van der Waals surface area contributed by atoms with Crippen LogP contribution >= 0.6 is 11.3 Å². The lowest BCUT2D eigenvalue weighted by Crippen LogP contribution is -2.36. The summed E-state index contributed by atoms with van der Waals surface area (Å²) < 4.78 is 0. The molecule has 1 aromatic heterocycles. The minimum Gasteiger partial charge on any atom is -0.352 e. The summed E-state index contributed by atoms with van der Waals surface area (Å²) in [4.78, 5) is 9.01. The summed E-state index contributed by atoms with van der Waals surface area (Å²) >= 11 is 1.69. The van der Waals surface area contributed by atoms with E-state index in [0.717, 1.165) is 29.6 Å². The maximum Gasteiger partial charge on any atom is 0.191 e. The van der Waals surface area contributed by atoms with Gasteiger partial charge in [-0.15, -0.1) is 11.3 Å². The molecule has 2 N–H and O–H groups in total. The van der Waals surface area contributed by atoms with Gasteiger partial charge in [0.15, 0.2) is 5.96 Å². The van der Waals surface area contributed by atoms with Gasteiger partial charge < -0.3 is 10.6 Å². The Morgan fingerprint density at radius 3 is 2.38 bits per heavy atom. The third kappa shape index (κ3) is 5.06. The number of guanidine groups is 1. The van der Waals surface area contributed by atoms with Gasteiger partial charge in [0.05, 0.1) is 12.2 Å². The minimum atomic E-state index is 0.0958. The van der Waals surface area contributed by atoms with Gasteiger partial charge in [-0.3, -0.25) is 4.99 Å². The molecule has 0 fully saturated rings. The fraction of sp³-hybridized carbons (Fsp3) is 0.474. The molecule has 5 heteroatoms. The molecule has 24 heavy (non-hydrogen) atoms. The van der Waals surface area contributed by atoms with Crippen molar-refractivity contribution in [2.45, 2.75) is 52.6 Å². The maximum atomic E-state index is 4.71. The van der Waals surface area contributed by atoms with E-state index in [2.05, 4.69) is 73.0 Å². The number of benzene rings is 1. The molecule has 2 rings (SSSR count). The van der Waals surface area contributed by atoms with E-state index in [0.29, 0.717) is 6.54 Å². The lowest BCUT2D eigenvalue weighted by molar-refractivity contribution is 0.570. The molecule has 4 nitrogen and oxygen atoms in total. The van der Waals surface area contributed by atoms with Crippen LogP contribution in [-0.2, 0) is 24.9 Å². The third-order valence-electron chi connectivity index (χ3n) is 3.90. The Hall–Kier alpha value is -1.88. The van der Waals surface area contributed by atoms with Gasteiger partial charge in [-0.2, -0.15) is 0 Å². The zero-order valence-electron chi connectivity index (χ0n) is 15.3. The summed E-state index contributed by atoms with van der Waals surface area (Å²) in [7, 11) is 1.80. The van der Waals surface area contributed by atoms with Gasteiger partial charge in [0, 0.05) is 24.4 Å². The highest BCUT2D eigenvalue weighted by atomic mass is 32.1. The molecule has 0 spiro atoms. The summed E-state index contributed by atoms with van der Waals surface area (Å²) in [5.74, 6) is 0.799. The van der Waals surface area contributed by atoms with Gasteiger partial charge in [0.25, 0.3) is 0 Å². The van der Waals surface area contributed by atoms with Crippen molar-refractivity contribution in [1.82, 2.24) is 15.6 Å². The first-order chi connectivity index (χ1) is 11.4. The average Bonchev–Trinajstić information content (AvgIpc) is 3.04. The van der Waals surface area contributed by atoms with Crippen LogP contribution in [0.4, 0.5) is 0 Å². The van der Waals surface area contributed by atoms with E-state index in [9.17, 15) is 0 Å². The molecule has 1 heterocycles. The molecule has 0 aliphatic heterocycles. The number of nitrogens with zero attached hydrogens (tertiary/aromatic N) is 2. The van der Waals surface area contributed by atoms with E-state index in [4.69, 9.17) is 4.98 Å². The number of aliphatic imine (C=N–C) groups is 1. The normalized spacial score (nSPS) is 12.3. The molecule has 0 amide bonds. The molecule has 0 saturated carbocycles. The second kappa shape index (κ2) is 8.29. The van der Waals surface area contributed by atoms with Gasteiger partial charge in [-0.05, 0) is 17.5 Å². The van der Waals surface area contributed by atoms with Crippen LogP contribution in [0, 0.1) is 0 Å². The quantitative estimate of drug-likeness (QED) is 0.639. The molecule has 0 aliphatic rings. The fourth-order valence-corrected chi connectivity index (χ4v) is 3.33. The zero-order chi connectivity index (χ0) is 17.6. The molecule has 0 bridgehead atoms. The van der Waals surface area contributed by atoms with E-state index in [-0.39, 0.29) is 5.41 Å². The minimum absolute atomic E-state index is 0.0958. The van der Waals surface area contributed by atoms with Crippen molar-refractivity contribution in [2.75, 3.05) is 7.05 Å². The van der Waals surface area contributed by atoms with Gasteiger partial charge in [0.1, 0.15) is 5.01 Å². The smallest absolute Gasteiger partial charge is 0.191 e. The topological polar surface area (TPSA) is 49.3 Å². The van der Waals surface area contributed by atoms with Crippen molar-refractivity contribution in [3.8, 4) is 0 Å². The Morgan fingerprint density at radius 2 is 1.79 bits per heavy atom. The summed E-state index contributed by atoms with van der Waals surface area (Å²) in [5.41, 5.74) is 3.92. The van der Waals surface area contributed by atoms with Crippen LogP contribution in [0.1, 0.15) is 49.5 Å². The molecular formula is C19H28N4S. The SMILES string of the molecule is CCc1ccccc1CNC(=NC)NCc1nc(C(C)(C)C)cs1. The van der Waals surface area contributed by atoms with Crippen LogP contribution in [0.15, 0.2) is 34.6 Å². The summed E-state index contributed by atoms with van der Waals surface area (Å²) in [6.07, 6.45) is 1.04. The Kier molecular flexibility index (Phi) is 6.37. The Balaban J connectivity index is 1.90. The first-order valence-electron chi connectivity index (χ1n) is 8.40. The first-order valence-corrected chi connectivity index (χ1v) is 9.28. The zero-order valence-corrected chi connectivity index (χ0v) is 16.1. The number of aromatic nitrogens is 1. The second-order valence-electron chi connectivity index (χ2n) is 6.78. The molecule has 0 atom stereocenters. The lowest BCUT2D eigenvalue weighted by atomic mass is 9.93. The summed E-state index contributed by atoms with van der Waals surface area (Å²) in [6.45, 7) is 10.2. The van der Waals surface area contributed by atoms with Crippen molar-refractivity contribution in [2.24, 2.45) is 4.99 Å². The highest BCUT2D eigenvalue weighted by molar-refractivity contribution is 7.09. The van der Waals surface area contributed by atoms with Gasteiger partial charge in [-0.1, -0.05) is 52.0 Å². The molecule has 130 valence electrons. The predicted octanol–water partition coefficient (Wildman–Crippen LogP) is 3.87. The van der Waals surface area contributed by atoms with Crippen LogP contribution in [-0.4, -0.2) is 18.0 Å². The van der Waals surface area contributed by atoms with Gasteiger partial charge in [-0.25, -0.2) is 4.98 Å². The molecule has 0 saturated heterocycles. The van der Waals surface area contributed by atoms with Crippen LogP contribution in [0.2, 0.25) is 0 Å². The van der Waals surface area contributed by atoms with Gasteiger partial charge in [0.2, 0.25) is 0 Å². The van der Waals surface area contributed by atoms with Crippen molar-refractivity contribution in [3.05, 3.63) is 51.5 Å². The van der Waals surface area contributed by atoms with Crippen molar-refractivity contribution in [1.29, 1.82) is 0 Å². The van der Waals surface area contributed by atoms with Crippen LogP contribution < -0.4 is 10.6 Å². The monoisotopic (exact) mass is 344 g/mol. The molecule has 1 aromatic carbocycles. The Labute approximate surface area is 149 Å². The highest BCUT2D eigenvalue weighted by Crippen LogP contribution is 2.23. The van der Waals surface area contributed by atoms with Crippen LogP contribution in [0.3, 0.4) is 0 Å². The molecule has 0 radical (unpaired) electrons. The second-order valence-corrected chi connectivity index (χ2v) is 7.72. The number of thiazole rings is 1. The summed E-state index contributed by atoms with van der Waals surface area (Å²) in [5, 5.41) is 9.95. The lowest BCUT2D eigenvalue weighted by Gasteiger charge is -2.14. The Bertz CT molecular complexity index is 683. The number of nitrogens with one attached hydrogen (secondary N) is 2. The van der Waals surface area contributed by atoms with Crippen molar-refractivity contribution < 1.29 is 0 Å². The van der Waals surface area contributed by atoms with E-state index in [1.54, 1.807) is 18.4 Å². The molecular weight excluding hydrogens is 316 g/mol. The Morgan fingerprint density at radius 1 is 1.12 bits per heavy atom. The van der Waals surface area contributed by atoms with E-state index >= 15 is 0 Å². The van der Waals surface area contributed by atoms with Crippen LogP contribution in [0.25, 0.3) is 0 Å². The first kappa shape index (κ1) is 18.5. The summed E-state index contributed by atoms with van der Waals surface area (Å²) in [6, 6.07) is 8.51. The van der Waals surface area contributed by atoms with Crippen LogP contribution in [0.5, 0.6) is 0 Å². The molecule has 2 aromatic rings. The van der Waals surface area contributed by atoms with E-state index < -0.39 is 0 Å². The molecule has 0 aliphatic carbocycles. The fourth-order valence-electron chi connectivity index (χ4n) is 2.37. The van der Waals surface area contributed by atoms with Crippen molar-refractivity contribution >= 4 is 17.3 Å². The molecule has 0 unspecified atom stereocenters. The van der Waals surface area contributed by atoms with Crippen molar-refractivity contribution in [3.63, 3.8) is 0 Å². The van der Waals surface area contributed by atoms with Gasteiger partial charge >= 0.3 is 0 Å². The number of aryl methyl sites for hydroxylation is 1. The maximum absolute atomic E-state index is 4.71.